The van der Waals surface area contributed by atoms with Crippen LogP contribution in [0.2, 0.25) is 0 Å². The molecule has 2 aromatic rings. The van der Waals surface area contributed by atoms with E-state index in [1.54, 1.807) is 0 Å². The molecule has 0 fully saturated rings. The molecule has 0 bridgehead atoms. The van der Waals surface area contributed by atoms with Crippen molar-refractivity contribution >= 4 is 11.0 Å². The Bertz CT molecular complexity index is 402. The van der Waals surface area contributed by atoms with E-state index in [1.807, 2.05) is 18.2 Å². The quantitative estimate of drug-likeness (QED) is 0.635. The smallest absolute Gasteiger partial charge is 0.107 e. The van der Waals surface area contributed by atoms with Gasteiger partial charge in [-0.15, -0.1) is 0 Å². The highest BCUT2D eigenvalue weighted by atomic mass is 14.9. The van der Waals surface area contributed by atoms with Crippen molar-refractivity contribution in [3.8, 4) is 0 Å². The molecule has 0 unspecified atom stereocenters. The van der Waals surface area contributed by atoms with Crippen LogP contribution in [0, 0.1) is 0 Å². The molecular formula is C12H18N4. The van der Waals surface area contributed by atoms with Crippen LogP contribution in [-0.4, -0.2) is 29.6 Å². The molecule has 4 heteroatoms. The minimum absolute atomic E-state index is 0.699. The van der Waals surface area contributed by atoms with E-state index in [1.165, 1.54) is 0 Å². The monoisotopic (exact) mass is 218 g/mol. The lowest BCUT2D eigenvalue weighted by Crippen LogP contribution is -2.23. The number of para-hydroxylation sites is 2. The van der Waals surface area contributed by atoms with Crippen LogP contribution in [-0.2, 0) is 6.42 Å². The Labute approximate surface area is 95.3 Å². The predicted octanol–water partition coefficient (Wildman–Crippen LogP) is 1.04. The second kappa shape index (κ2) is 5.63. The van der Waals surface area contributed by atoms with Gasteiger partial charge in [-0.05, 0) is 25.1 Å². The van der Waals surface area contributed by atoms with Gasteiger partial charge in [-0.3, -0.25) is 0 Å². The molecule has 86 valence electrons. The number of aryl methyl sites for hydroxylation is 1. The van der Waals surface area contributed by atoms with Gasteiger partial charge in [0.15, 0.2) is 0 Å². The lowest BCUT2D eigenvalue weighted by atomic mass is 10.3. The number of benzene rings is 1. The number of nitrogens with one attached hydrogen (secondary N) is 2. The predicted molar refractivity (Wildman–Crippen MR) is 66.3 cm³/mol. The van der Waals surface area contributed by atoms with E-state index in [9.17, 15) is 0 Å². The van der Waals surface area contributed by atoms with Gasteiger partial charge in [0.05, 0.1) is 11.0 Å². The standard InChI is InChI=1S/C12H18N4/c13-7-9-14-8-3-6-12-15-10-4-1-2-5-11(10)16-12/h1-2,4-5,14H,3,6-9,13H2,(H,15,16). The molecule has 2 rings (SSSR count). The molecule has 0 saturated carbocycles. The van der Waals surface area contributed by atoms with E-state index in [2.05, 4.69) is 21.4 Å². The first kappa shape index (κ1) is 11.1. The molecule has 1 aromatic carbocycles. The maximum absolute atomic E-state index is 5.39. The maximum Gasteiger partial charge on any atom is 0.107 e. The second-order valence-electron chi connectivity index (χ2n) is 3.84. The first-order valence-electron chi connectivity index (χ1n) is 5.74. The van der Waals surface area contributed by atoms with Gasteiger partial charge in [-0.1, -0.05) is 12.1 Å². The normalized spacial score (nSPS) is 11.1. The van der Waals surface area contributed by atoms with Crippen LogP contribution in [0.1, 0.15) is 12.2 Å². The number of aromatic amines is 1. The fraction of sp³-hybridized carbons (Fsp3) is 0.417. The average Bonchev–Trinajstić information content (AvgIpc) is 2.71. The number of nitrogens with two attached hydrogens (primary N) is 1. The number of hydrogen-bond donors (Lipinski definition) is 3. The molecule has 4 N–H and O–H groups in total. The van der Waals surface area contributed by atoms with Gasteiger partial charge in [0, 0.05) is 19.5 Å². The highest BCUT2D eigenvalue weighted by Crippen LogP contribution is 2.10. The summed E-state index contributed by atoms with van der Waals surface area (Å²) in [6, 6.07) is 8.11. The minimum Gasteiger partial charge on any atom is -0.342 e. The molecule has 0 saturated heterocycles. The summed E-state index contributed by atoms with van der Waals surface area (Å²) >= 11 is 0. The summed E-state index contributed by atoms with van der Waals surface area (Å²) < 4.78 is 0. The zero-order chi connectivity index (χ0) is 11.2. The molecular weight excluding hydrogens is 200 g/mol. The summed E-state index contributed by atoms with van der Waals surface area (Å²) in [5.74, 6) is 1.07. The average molecular weight is 218 g/mol. The van der Waals surface area contributed by atoms with E-state index in [4.69, 9.17) is 5.73 Å². The Morgan fingerprint density at radius 3 is 2.94 bits per heavy atom. The molecule has 0 aliphatic heterocycles. The first-order valence-corrected chi connectivity index (χ1v) is 5.74. The zero-order valence-corrected chi connectivity index (χ0v) is 9.37. The summed E-state index contributed by atoms with van der Waals surface area (Å²) in [6.07, 6.45) is 2.06. The number of nitrogens with zero attached hydrogens (tertiary/aromatic N) is 1. The summed E-state index contributed by atoms with van der Waals surface area (Å²) in [4.78, 5) is 7.85. The van der Waals surface area contributed by atoms with Crippen LogP contribution in [0.4, 0.5) is 0 Å². The van der Waals surface area contributed by atoms with E-state index < -0.39 is 0 Å². The SMILES string of the molecule is NCCNCCCc1nc2ccccc2[nH]1. The summed E-state index contributed by atoms with van der Waals surface area (Å²) in [7, 11) is 0. The zero-order valence-electron chi connectivity index (χ0n) is 9.37. The molecule has 0 atom stereocenters. The highest BCUT2D eigenvalue weighted by Gasteiger charge is 2.00. The summed E-state index contributed by atoms with van der Waals surface area (Å²) in [5, 5.41) is 3.27. The van der Waals surface area contributed by atoms with Crippen LogP contribution < -0.4 is 11.1 Å². The van der Waals surface area contributed by atoms with Crippen molar-refractivity contribution in [1.82, 2.24) is 15.3 Å². The van der Waals surface area contributed by atoms with E-state index >= 15 is 0 Å². The van der Waals surface area contributed by atoms with Crippen molar-refractivity contribution in [1.29, 1.82) is 0 Å². The van der Waals surface area contributed by atoms with Gasteiger partial charge < -0.3 is 16.0 Å². The van der Waals surface area contributed by atoms with Gasteiger partial charge in [0.2, 0.25) is 0 Å². The number of imidazole rings is 1. The first-order chi connectivity index (χ1) is 7.90. The molecule has 16 heavy (non-hydrogen) atoms. The molecule has 4 nitrogen and oxygen atoms in total. The van der Waals surface area contributed by atoms with Crippen molar-refractivity contribution in [3.05, 3.63) is 30.1 Å². The van der Waals surface area contributed by atoms with Crippen LogP contribution in [0.3, 0.4) is 0 Å². The molecule has 0 spiro atoms. The van der Waals surface area contributed by atoms with Crippen LogP contribution >= 0.6 is 0 Å². The maximum atomic E-state index is 5.39. The van der Waals surface area contributed by atoms with Crippen molar-refractivity contribution in [2.45, 2.75) is 12.8 Å². The third kappa shape index (κ3) is 2.81. The minimum atomic E-state index is 0.699. The molecule has 0 radical (unpaired) electrons. The van der Waals surface area contributed by atoms with Crippen LogP contribution in [0.25, 0.3) is 11.0 Å². The third-order valence-electron chi connectivity index (χ3n) is 2.53. The molecule has 0 amide bonds. The fourth-order valence-electron chi connectivity index (χ4n) is 1.73. The molecule has 0 aliphatic rings. The van der Waals surface area contributed by atoms with Gasteiger partial charge in [0.25, 0.3) is 0 Å². The van der Waals surface area contributed by atoms with Crippen LogP contribution in [0.15, 0.2) is 24.3 Å². The van der Waals surface area contributed by atoms with E-state index in [0.29, 0.717) is 6.54 Å². The van der Waals surface area contributed by atoms with E-state index in [0.717, 1.165) is 42.8 Å². The van der Waals surface area contributed by atoms with E-state index in [-0.39, 0.29) is 0 Å². The lowest BCUT2D eigenvalue weighted by molar-refractivity contribution is 0.645. The Morgan fingerprint density at radius 2 is 2.12 bits per heavy atom. The molecule has 1 aromatic heterocycles. The Morgan fingerprint density at radius 1 is 1.25 bits per heavy atom. The van der Waals surface area contributed by atoms with Gasteiger partial charge in [0.1, 0.15) is 5.82 Å². The lowest BCUT2D eigenvalue weighted by Gasteiger charge is -2.00. The Kier molecular flexibility index (Phi) is 3.91. The van der Waals surface area contributed by atoms with Gasteiger partial charge in [-0.25, -0.2) is 4.98 Å². The van der Waals surface area contributed by atoms with Gasteiger partial charge in [-0.2, -0.15) is 0 Å². The number of hydrogen-bond acceptors (Lipinski definition) is 3. The Hall–Kier alpha value is -1.39. The van der Waals surface area contributed by atoms with Crippen LogP contribution in [0.5, 0.6) is 0 Å². The number of fused-ring (bicyclic) bond motifs is 1. The summed E-state index contributed by atoms with van der Waals surface area (Å²) in [6.45, 7) is 2.58. The highest BCUT2D eigenvalue weighted by molar-refractivity contribution is 5.74. The topological polar surface area (TPSA) is 66.7 Å². The van der Waals surface area contributed by atoms with Crippen molar-refractivity contribution in [2.75, 3.05) is 19.6 Å². The Balaban J connectivity index is 1.85. The third-order valence-corrected chi connectivity index (χ3v) is 2.53. The van der Waals surface area contributed by atoms with Crippen molar-refractivity contribution < 1.29 is 0 Å². The number of aromatic nitrogens is 2. The van der Waals surface area contributed by atoms with Gasteiger partial charge >= 0.3 is 0 Å². The van der Waals surface area contributed by atoms with Crippen molar-refractivity contribution in [3.63, 3.8) is 0 Å². The summed E-state index contributed by atoms with van der Waals surface area (Å²) in [5.41, 5.74) is 7.56. The number of rotatable bonds is 6. The largest absolute Gasteiger partial charge is 0.342 e. The molecule has 1 heterocycles. The van der Waals surface area contributed by atoms with Crippen molar-refractivity contribution in [2.24, 2.45) is 5.73 Å². The number of H-pyrrole nitrogens is 1. The second-order valence-corrected chi connectivity index (χ2v) is 3.84. The fourth-order valence-corrected chi connectivity index (χ4v) is 1.73. The molecule has 0 aliphatic carbocycles.